The number of halogens is 2. The van der Waals surface area contributed by atoms with Gasteiger partial charge in [-0.2, -0.15) is 0 Å². The van der Waals surface area contributed by atoms with E-state index in [-0.39, 0.29) is 17.6 Å². The maximum Gasteiger partial charge on any atom is 0.126 e. The zero-order chi connectivity index (χ0) is 18.0. The van der Waals surface area contributed by atoms with Crippen LogP contribution in [0.1, 0.15) is 36.7 Å². The number of nitrogens with two attached hydrogens (primary N) is 1. The molecule has 0 saturated heterocycles. The van der Waals surface area contributed by atoms with Crippen molar-refractivity contribution in [2.24, 2.45) is 5.73 Å². The number of hydrogen-bond acceptors (Lipinski definition) is 3. The smallest absolute Gasteiger partial charge is 0.126 e. The van der Waals surface area contributed by atoms with Crippen LogP contribution in [0.4, 0.5) is 8.78 Å². The molecule has 0 bridgehead atoms. The Balaban J connectivity index is 1.61. The molecule has 2 aromatic carbocycles. The van der Waals surface area contributed by atoms with Crippen molar-refractivity contribution in [3.05, 3.63) is 65.0 Å². The first kappa shape index (κ1) is 17.5. The van der Waals surface area contributed by atoms with Crippen molar-refractivity contribution in [2.45, 2.75) is 38.9 Å². The van der Waals surface area contributed by atoms with E-state index in [1.807, 2.05) is 19.9 Å². The second-order valence-corrected chi connectivity index (χ2v) is 6.54. The number of rotatable bonds is 6. The van der Waals surface area contributed by atoms with E-state index in [2.05, 4.69) is 15.3 Å². The highest BCUT2D eigenvalue weighted by atomic mass is 19.1. The molecule has 1 aromatic heterocycles. The number of aromatic amines is 1. The zero-order valence-electron chi connectivity index (χ0n) is 14.3. The Bertz CT molecular complexity index is 873. The second kappa shape index (κ2) is 7.29. The van der Waals surface area contributed by atoms with E-state index in [1.54, 1.807) is 18.2 Å². The fraction of sp³-hybridized carbons (Fsp3) is 0.316. The van der Waals surface area contributed by atoms with Gasteiger partial charge >= 0.3 is 0 Å². The Kier molecular flexibility index (Phi) is 5.11. The van der Waals surface area contributed by atoms with Crippen molar-refractivity contribution in [1.29, 1.82) is 0 Å². The van der Waals surface area contributed by atoms with Crippen molar-refractivity contribution in [2.75, 3.05) is 0 Å². The Morgan fingerprint density at radius 2 is 1.96 bits per heavy atom. The summed E-state index contributed by atoms with van der Waals surface area (Å²) in [7, 11) is 0. The molecule has 0 saturated carbocycles. The van der Waals surface area contributed by atoms with Crippen LogP contribution in [0.5, 0.6) is 0 Å². The van der Waals surface area contributed by atoms with Gasteiger partial charge in [0.05, 0.1) is 23.7 Å². The lowest BCUT2D eigenvalue weighted by Crippen LogP contribution is -2.39. The molecule has 6 heteroatoms. The van der Waals surface area contributed by atoms with Gasteiger partial charge in [0, 0.05) is 6.42 Å². The molecule has 25 heavy (non-hydrogen) atoms. The van der Waals surface area contributed by atoms with Crippen molar-refractivity contribution in [1.82, 2.24) is 15.3 Å². The summed E-state index contributed by atoms with van der Waals surface area (Å²) in [5.74, 6) is 0.398. The first-order valence-electron chi connectivity index (χ1n) is 8.34. The van der Waals surface area contributed by atoms with Crippen molar-refractivity contribution in [3.8, 4) is 0 Å². The van der Waals surface area contributed by atoms with E-state index < -0.39 is 6.17 Å². The average Bonchev–Trinajstić information content (AvgIpc) is 2.96. The number of H-pyrrole nitrogens is 1. The minimum atomic E-state index is -0.413. The molecular formula is C19H22F2N4. The highest BCUT2D eigenvalue weighted by Gasteiger charge is 2.11. The zero-order valence-corrected chi connectivity index (χ0v) is 14.3. The minimum absolute atomic E-state index is 0.234. The Labute approximate surface area is 145 Å². The van der Waals surface area contributed by atoms with E-state index >= 15 is 0 Å². The molecule has 0 fully saturated rings. The van der Waals surface area contributed by atoms with E-state index in [0.29, 0.717) is 35.4 Å². The van der Waals surface area contributed by atoms with Gasteiger partial charge in [0.15, 0.2) is 0 Å². The normalized spacial score (nSPS) is 12.9. The number of aromatic nitrogens is 2. The second-order valence-electron chi connectivity index (χ2n) is 6.54. The molecule has 0 aliphatic heterocycles. The van der Waals surface area contributed by atoms with Gasteiger partial charge in [0.1, 0.15) is 17.5 Å². The third-order valence-corrected chi connectivity index (χ3v) is 4.21. The summed E-state index contributed by atoms with van der Waals surface area (Å²) in [6, 6.07) is 9.68. The molecule has 0 aliphatic carbocycles. The SMILES string of the molecule is CC(C)c1ccc(CC(N)NCc2nc3ccc(F)cc3[nH]2)c(F)c1. The van der Waals surface area contributed by atoms with Crippen LogP contribution in [0, 0.1) is 11.6 Å². The summed E-state index contributed by atoms with van der Waals surface area (Å²) >= 11 is 0. The third-order valence-electron chi connectivity index (χ3n) is 4.21. The van der Waals surface area contributed by atoms with Gasteiger partial charge < -0.3 is 10.7 Å². The van der Waals surface area contributed by atoms with Gasteiger partial charge in [-0.05, 0) is 41.3 Å². The van der Waals surface area contributed by atoms with Crippen LogP contribution in [0.25, 0.3) is 11.0 Å². The Morgan fingerprint density at radius 3 is 2.68 bits per heavy atom. The van der Waals surface area contributed by atoms with Gasteiger partial charge in [0.25, 0.3) is 0 Å². The van der Waals surface area contributed by atoms with Gasteiger partial charge in [-0.25, -0.2) is 13.8 Å². The first-order chi connectivity index (χ1) is 11.9. The molecule has 3 aromatic rings. The number of hydrogen-bond donors (Lipinski definition) is 3. The lowest BCUT2D eigenvalue weighted by Gasteiger charge is -2.14. The number of fused-ring (bicyclic) bond motifs is 1. The Hall–Kier alpha value is -2.31. The van der Waals surface area contributed by atoms with E-state index in [4.69, 9.17) is 5.73 Å². The van der Waals surface area contributed by atoms with Crippen LogP contribution in [0.3, 0.4) is 0 Å². The predicted molar refractivity (Wildman–Crippen MR) is 95.1 cm³/mol. The van der Waals surface area contributed by atoms with Gasteiger partial charge in [0.2, 0.25) is 0 Å². The summed E-state index contributed by atoms with van der Waals surface area (Å²) < 4.78 is 27.4. The Morgan fingerprint density at radius 1 is 1.16 bits per heavy atom. The molecule has 1 heterocycles. The van der Waals surface area contributed by atoms with Gasteiger partial charge in [-0.15, -0.1) is 0 Å². The number of imidazole rings is 1. The van der Waals surface area contributed by atoms with Crippen LogP contribution in [-0.4, -0.2) is 16.1 Å². The van der Waals surface area contributed by atoms with Crippen LogP contribution in [0.15, 0.2) is 36.4 Å². The molecule has 0 spiro atoms. The highest BCUT2D eigenvalue weighted by Crippen LogP contribution is 2.18. The van der Waals surface area contributed by atoms with E-state index in [9.17, 15) is 8.78 Å². The van der Waals surface area contributed by atoms with Crippen LogP contribution in [-0.2, 0) is 13.0 Å². The monoisotopic (exact) mass is 344 g/mol. The average molecular weight is 344 g/mol. The fourth-order valence-corrected chi connectivity index (χ4v) is 2.74. The fourth-order valence-electron chi connectivity index (χ4n) is 2.74. The molecule has 0 radical (unpaired) electrons. The molecule has 1 unspecified atom stereocenters. The summed E-state index contributed by atoms with van der Waals surface area (Å²) in [5, 5.41) is 3.11. The molecule has 3 rings (SSSR count). The minimum Gasteiger partial charge on any atom is -0.341 e. The van der Waals surface area contributed by atoms with Crippen molar-refractivity contribution >= 4 is 11.0 Å². The maximum atomic E-state index is 14.2. The molecule has 1 atom stereocenters. The van der Waals surface area contributed by atoms with Crippen molar-refractivity contribution in [3.63, 3.8) is 0 Å². The summed E-state index contributed by atoms with van der Waals surface area (Å²) in [6.45, 7) is 4.45. The van der Waals surface area contributed by atoms with Crippen molar-refractivity contribution < 1.29 is 8.78 Å². The maximum absolute atomic E-state index is 14.2. The van der Waals surface area contributed by atoms with Crippen LogP contribution >= 0.6 is 0 Å². The molecule has 132 valence electrons. The van der Waals surface area contributed by atoms with Gasteiger partial charge in [-0.3, -0.25) is 5.32 Å². The number of benzene rings is 2. The predicted octanol–water partition coefficient (Wildman–Crippen LogP) is 3.58. The molecular weight excluding hydrogens is 322 g/mol. The van der Waals surface area contributed by atoms with E-state index in [0.717, 1.165) is 5.56 Å². The number of nitrogens with zero attached hydrogens (tertiary/aromatic N) is 1. The van der Waals surface area contributed by atoms with Crippen LogP contribution in [0.2, 0.25) is 0 Å². The lowest BCUT2D eigenvalue weighted by molar-refractivity contribution is 0.501. The molecule has 4 nitrogen and oxygen atoms in total. The van der Waals surface area contributed by atoms with E-state index in [1.165, 1.54) is 12.1 Å². The largest absolute Gasteiger partial charge is 0.341 e. The highest BCUT2D eigenvalue weighted by molar-refractivity contribution is 5.74. The van der Waals surface area contributed by atoms with Crippen LogP contribution < -0.4 is 11.1 Å². The molecule has 4 N–H and O–H groups in total. The third kappa shape index (κ3) is 4.21. The number of nitrogens with one attached hydrogen (secondary N) is 2. The quantitative estimate of drug-likeness (QED) is 0.599. The first-order valence-corrected chi connectivity index (χ1v) is 8.34. The molecule has 0 aliphatic rings. The topological polar surface area (TPSA) is 66.7 Å². The molecule has 0 amide bonds. The summed E-state index contributed by atoms with van der Waals surface area (Å²) in [5.41, 5.74) is 8.94. The van der Waals surface area contributed by atoms with Gasteiger partial charge in [-0.1, -0.05) is 26.0 Å². The lowest BCUT2D eigenvalue weighted by atomic mass is 10.00. The summed E-state index contributed by atoms with van der Waals surface area (Å²) in [6.07, 6.45) is -0.0386. The standard InChI is InChI=1S/C19H22F2N4/c1-11(2)12-3-4-13(15(21)7-12)8-18(22)23-10-19-24-16-6-5-14(20)9-17(16)25-19/h3-7,9,11,18,23H,8,10,22H2,1-2H3,(H,24,25). The summed E-state index contributed by atoms with van der Waals surface area (Å²) in [4.78, 5) is 7.41.